The first kappa shape index (κ1) is 22.2. The molecule has 37 heavy (non-hydrogen) atoms. The van der Waals surface area contributed by atoms with Crippen LogP contribution >= 0.6 is 0 Å². The summed E-state index contributed by atoms with van der Waals surface area (Å²) in [6.07, 6.45) is 2.07. The Kier molecular flexibility index (Phi) is 5.41. The number of nitrogens with zero attached hydrogens (tertiary/aromatic N) is 3. The summed E-state index contributed by atoms with van der Waals surface area (Å²) in [5.41, 5.74) is 9.98. The second kappa shape index (κ2) is 9.04. The van der Waals surface area contributed by atoms with E-state index in [-0.39, 0.29) is 0 Å². The number of anilines is 1. The van der Waals surface area contributed by atoms with E-state index in [1.807, 2.05) is 48.5 Å². The highest BCUT2D eigenvalue weighted by molar-refractivity contribution is 6.10. The van der Waals surface area contributed by atoms with Crippen LogP contribution in [-0.2, 0) is 0 Å². The van der Waals surface area contributed by atoms with Gasteiger partial charge in [0.2, 0.25) is 0 Å². The molecule has 0 atom stereocenters. The van der Waals surface area contributed by atoms with Gasteiger partial charge >= 0.3 is 0 Å². The van der Waals surface area contributed by atoms with Crippen LogP contribution in [0.4, 0.5) is 5.69 Å². The Balaban J connectivity index is 1.56. The zero-order valence-corrected chi connectivity index (χ0v) is 20.2. The number of aryl methyl sites for hydroxylation is 1. The van der Waals surface area contributed by atoms with Crippen molar-refractivity contribution >= 4 is 27.5 Å². The SMILES string of the molecule is Cc1ccccc1-c1cc(-c2ccc3c(c2)c2ccccc2n3-c2cccc(C#N)c2)ccc1NC#N. The second-order valence-corrected chi connectivity index (χ2v) is 9.06. The first-order chi connectivity index (χ1) is 18.2. The van der Waals surface area contributed by atoms with E-state index in [1.54, 1.807) is 0 Å². The Morgan fingerprint density at radius 3 is 2.24 bits per heavy atom. The number of para-hydroxylation sites is 1. The van der Waals surface area contributed by atoms with Crippen LogP contribution < -0.4 is 5.32 Å². The van der Waals surface area contributed by atoms with E-state index < -0.39 is 0 Å². The third kappa shape index (κ3) is 3.78. The summed E-state index contributed by atoms with van der Waals surface area (Å²) in [5.74, 6) is 0. The molecule has 0 saturated carbocycles. The van der Waals surface area contributed by atoms with Crippen molar-refractivity contribution in [2.24, 2.45) is 0 Å². The highest BCUT2D eigenvalue weighted by atomic mass is 15.0. The smallest absolute Gasteiger partial charge is 0.181 e. The highest BCUT2D eigenvalue weighted by Gasteiger charge is 2.15. The molecule has 6 rings (SSSR count). The Labute approximate surface area is 215 Å². The van der Waals surface area contributed by atoms with Crippen LogP contribution in [-0.4, -0.2) is 4.57 Å². The van der Waals surface area contributed by atoms with Gasteiger partial charge in [0.1, 0.15) is 0 Å². The second-order valence-electron chi connectivity index (χ2n) is 9.06. The predicted molar refractivity (Wildman–Crippen MR) is 150 cm³/mol. The van der Waals surface area contributed by atoms with E-state index in [0.717, 1.165) is 61.0 Å². The summed E-state index contributed by atoms with van der Waals surface area (Å²) in [6.45, 7) is 2.08. The average molecular weight is 475 g/mol. The molecule has 4 heteroatoms. The summed E-state index contributed by atoms with van der Waals surface area (Å²) in [6, 6.07) is 39.2. The number of rotatable bonds is 4. The van der Waals surface area contributed by atoms with Crippen molar-refractivity contribution in [3.05, 3.63) is 120 Å². The molecular weight excluding hydrogens is 452 g/mol. The number of hydrogen-bond acceptors (Lipinski definition) is 3. The van der Waals surface area contributed by atoms with Crippen LogP contribution in [0.15, 0.2) is 109 Å². The molecule has 0 fully saturated rings. The molecule has 4 nitrogen and oxygen atoms in total. The molecule has 0 aliphatic carbocycles. The van der Waals surface area contributed by atoms with E-state index in [0.29, 0.717) is 5.56 Å². The molecule has 0 aliphatic heterocycles. The van der Waals surface area contributed by atoms with Crippen molar-refractivity contribution in [2.45, 2.75) is 6.92 Å². The maximum atomic E-state index is 9.44. The predicted octanol–water partition coefficient (Wildman–Crippen LogP) is 8.19. The van der Waals surface area contributed by atoms with Crippen LogP contribution in [0.25, 0.3) is 49.7 Å². The third-order valence-corrected chi connectivity index (χ3v) is 6.88. The fourth-order valence-electron chi connectivity index (χ4n) is 5.14. The summed E-state index contributed by atoms with van der Waals surface area (Å²) < 4.78 is 2.22. The van der Waals surface area contributed by atoms with Crippen LogP contribution in [0.2, 0.25) is 0 Å². The molecular formula is C33H22N4. The van der Waals surface area contributed by atoms with E-state index in [1.165, 1.54) is 0 Å². The van der Waals surface area contributed by atoms with Crippen molar-refractivity contribution in [1.29, 1.82) is 10.5 Å². The molecule has 6 aromatic rings. The molecule has 1 N–H and O–H groups in total. The Hall–Kier alpha value is -5.32. The van der Waals surface area contributed by atoms with Gasteiger partial charge in [0.05, 0.1) is 28.4 Å². The number of nitriles is 2. The van der Waals surface area contributed by atoms with Crippen molar-refractivity contribution in [3.8, 4) is 40.2 Å². The summed E-state index contributed by atoms with van der Waals surface area (Å²) in [7, 11) is 0. The lowest BCUT2D eigenvalue weighted by Gasteiger charge is -2.13. The lowest BCUT2D eigenvalue weighted by Crippen LogP contribution is -1.95. The van der Waals surface area contributed by atoms with Gasteiger partial charge in [-0.2, -0.15) is 10.5 Å². The Bertz CT molecular complexity index is 1900. The monoisotopic (exact) mass is 474 g/mol. The Morgan fingerprint density at radius 1 is 0.649 bits per heavy atom. The van der Waals surface area contributed by atoms with Gasteiger partial charge in [-0.3, -0.25) is 5.32 Å². The molecule has 0 aliphatic rings. The first-order valence-corrected chi connectivity index (χ1v) is 12.1. The fourth-order valence-corrected chi connectivity index (χ4v) is 5.14. The number of benzene rings is 5. The van der Waals surface area contributed by atoms with Crippen LogP contribution in [0.1, 0.15) is 11.1 Å². The summed E-state index contributed by atoms with van der Waals surface area (Å²) in [4.78, 5) is 0. The summed E-state index contributed by atoms with van der Waals surface area (Å²) in [5, 5.41) is 23.9. The van der Waals surface area contributed by atoms with E-state index in [2.05, 4.69) is 89.7 Å². The van der Waals surface area contributed by atoms with E-state index >= 15 is 0 Å². The standard InChI is InChI=1S/C33H22N4/c1-22-7-2-3-10-27(22)29-18-24(13-15-31(29)36-21-35)25-14-16-33-30(19-25)28-11-4-5-12-32(28)37(33)26-9-6-8-23(17-26)20-34/h2-19,36H,1H3. The molecule has 0 amide bonds. The van der Waals surface area contributed by atoms with Gasteiger partial charge in [-0.1, -0.05) is 60.7 Å². The maximum Gasteiger partial charge on any atom is 0.181 e. The minimum absolute atomic E-state index is 0.634. The van der Waals surface area contributed by atoms with Crippen LogP contribution in [0.3, 0.4) is 0 Å². The van der Waals surface area contributed by atoms with Crippen molar-refractivity contribution < 1.29 is 0 Å². The number of hydrogen-bond donors (Lipinski definition) is 1. The maximum absolute atomic E-state index is 9.44. The van der Waals surface area contributed by atoms with Gasteiger partial charge < -0.3 is 4.57 Å². The molecule has 0 spiro atoms. The van der Waals surface area contributed by atoms with Gasteiger partial charge in [-0.15, -0.1) is 0 Å². The van der Waals surface area contributed by atoms with E-state index in [4.69, 9.17) is 0 Å². The Morgan fingerprint density at radius 2 is 1.41 bits per heavy atom. The average Bonchev–Trinajstić information content (AvgIpc) is 3.27. The van der Waals surface area contributed by atoms with Crippen LogP contribution in [0, 0.1) is 29.7 Å². The minimum atomic E-state index is 0.634. The normalized spacial score (nSPS) is 10.8. The highest BCUT2D eigenvalue weighted by Crippen LogP contribution is 2.38. The molecule has 174 valence electrons. The first-order valence-electron chi connectivity index (χ1n) is 12.1. The number of aromatic nitrogens is 1. The lowest BCUT2D eigenvalue weighted by atomic mass is 9.94. The minimum Gasteiger partial charge on any atom is -0.309 e. The van der Waals surface area contributed by atoms with Gasteiger partial charge in [-0.25, -0.2) is 0 Å². The molecule has 0 unspecified atom stereocenters. The lowest BCUT2D eigenvalue weighted by molar-refractivity contribution is 1.18. The van der Waals surface area contributed by atoms with Gasteiger partial charge in [0, 0.05) is 22.0 Å². The van der Waals surface area contributed by atoms with Gasteiger partial charge in [0.15, 0.2) is 6.19 Å². The van der Waals surface area contributed by atoms with E-state index in [9.17, 15) is 10.5 Å². The summed E-state index contributed by atoms with van der Waals surface area (Å²) >= 11 is 0. The molecule has 0 saturated heterocycles. The molecule has 1 aromatic heterocycles. The number of nitrogens with one attached hydrogen (secondary N) is 1. The van der Waals surface area contributed by atoms with Crippen molar-refractivity contribution in [3.63, 3.8) is 0 Å². The van der Waals surface area contributed by atoms with Gasteiger partial charge in [0.25, 0.3) is 0 Å². The van der Waals surface area contributed by atoms with Crippen molar-refractivity contribution in [1.82, 2.24) is 4.57 Å². The zero-order valence-electron chi connectivity index (χ0n) is 20.2. The molecule has 0 radical (unpaired) electrons. The van der Waals surface area contributed by atoms with Crippen LogP contribution in [0.5, 0.6) is 0 Å². The molecule has 0 bridgehead atoms. The zero-order chi connectivity index (χ0) is 25.4. The third-order valence-electron chi connectivity index (χ3n) is 6.88. The largest absolute Gasteiger partial charge is 0.309 e. The molecule has 1 heterocycles. The topological polar surface area (TPSA) is 64.5 Å². The van der Waals surface area contributed by atoms with Gasteiger partial charge in [-0.05, 0) is 77.7 Å². The number of fused-ring (bicyclic) bond motifs is 3. The quantitative estimate of drug-likeness (QED) is 0.207. The fraction of sp³-hybridized carbons (Fsp3) is 0.0303. The van der Waals surface area contributed by atoms with Crippen molar-refractivity contribution in [2.75, 3.05) is 5.32 Å². The molecule has 5 aromatic carbocycles.